The van der Waals surface area contributed by atoms with E-state index < -0.39 is 21.1 Å². The van der Waals surface area contributed by atoms with E-state index in [0.717, 1.165) is 29.2 Å². The van der Waals surface area contributed by atoms with Gasteiger partial charge in [0.1, 0.15) is 0 Å². The highest BCUT2D eigenvalue weighted by Crippen LogP contribution is 2.22. The molecule has 0 amide bonds. The molecule has 0 aliphatic heterocycles. The molecule has 0 atom stereocenters. The topological polar surface area (TPSA) is 189 Å². The quantitative estimate of drug-likeness (QED) is 0.163. The molecule has 15 nitrogen and oxygen atoms in total. The summed E-state index contributed by atoms with van der Waals surface area (Å²) in [5.74, 6) is 0. The zero-order valence-electron chi connectivity index (χ0n) is 29.4. The number of fused-ring (bicyclic) bond motifs is 2. The summed E-state index contributed by atoms with van der Waals surface area (Å²) < 4.78 is 31.2. The number of unbranched alkanes of at least 4 members (excludes halogenated alkanes) is 1. The summed E-state index contributed by atoms with van der Waals surface area (Å²) in [5, 5.41) is 10.5. The monoisotopic (exact) mass is 836 g/mol. The first-order valence-electron chi connectivity index (χ1n) is 16.5. The number of aromatic amines is 1. The van der Waals surface area contributed by atoms with Crippen LogP contribution >= 0.6 is 35.0 Å². The maximum Gasteiger partial charge on any atom is 0.332 e. The Balaban J connectivity index is 0.000000285. The van der Waals surface area contributed by atoms with Crippen molar-refractivity contribution in [1.29, 1.82) is 0 Å². The number of nitrogens with one attached hydrogen (secondary N) is 1. The van der Waals surface area contributed by atoms with Gasteiger partial charge in [-0.3, -0.25) is 28.3 Å². The molecule has 0 fully saturated rings. The smallest absolute Gasteiger partial charge is 0.332 e. The first-order chi connectivity index (χ1) is 25.2. The van der Waals surface area contributed by atoms with Crippen LogP contribution in [0.2, 0.25) is 10.0 Å². The molecule has 0 aliphatic carbocycles. The minimum absolute atomic E-state index is 0. The Bertz CT molecular complexity index is 2630. The Hall–Kier alpha value is -4.42. The molecule has 4 heterocycles. The Morgan fingerprint density at radius 1 is 0.782 bits per heavy atom. The number of rotatable bonds is 12. The number of aliphatic hydroxyl groups excluding tert-OH is 1. The summed E-state index contributed by atoms with van der Waals surface area (Å²) in [6.45, 7) is 2.80. The Kier molecular flexibility index (Phi) is 15.5. The number of imidazole rings is 2. The molecule has 6 aromatic rings. The summed E-state index contributed by atoms with van der Waals surface area (Å²) in [4.78, 5) is 61.6. The fourth-order valence-corrected chi connectivity index (χ4v) is 7.32. The van der Waals surface area contributed by atoms with Crippen molar-refractivity contribution in [3.63, 3.8) is 0 Å². The van der Waals surface area contributed by atoms with Gasteiger partial charge in [-0.15, -0.1) is 0 Å². The predicted molar refractivity (Wildman–Crippen MR) is 220 cm³/mol. The van der Waals surface area contributed by atoms with E-state index in [1.54, 1.807) is 31.3 Å². The molecule has 2 N–H and O–H groups in total. The van der Waals surface area contributed by atoms with Crippen LogP contribution in [0.1, 0.15) is 52.2 Å². The second-order valence-electron chi connectivity index (χ2n) is 12.2. The van der Waals surface area contributed by atoms with Gasteiger partial charge >= 0.3 is 11.4 Å². The van der Waals surface area contributed by atoms with Crippen LogP contribution < -0.4 is 22.5 Å². The van der Waals surface area contributed by atoms with Crippen molar-refractivity contribution < 1.29 is 13.5 Å². The highest BCUT2D eigenvalue weighted by Gasteiger charge is 2.24. The van der Waals surface area contributed by atoms with E-state index in [-0.39, 0.29) is 68.5 Å². The molecule has 55 heavy (non-hydrogen) atoms. The maximum absolute atomic E-state index is 13.1. The standard InChI is InChI=1S/C18H21ClN4O2S.C16H17ClN4O5S.2CH4/c1-4-5-10-22-16(24)14-15(21(2)18(22)25)20-17(26-3)23(14)11-12-6-8-13(19)9-7-12;1-27(25,26)16-19-13-12(14(23)20(7-2-8-22)15(24)18-13)21(16)9-10-3-5-11(17)6-4-10;;/h6-9H,4-5,10-11H2,1-3H3;3-6,22H,2,7-9H2,1H3,(H,18,24);2*1H4. The molecule has 0 aliphatic rings. The lowest BCUT2D eigenvalue weighted by Gasteiger charge is -2.10. The number of hydrogen-bond acceptors (Lipinski definition) is 10. The average Bonchev–Trinajstić information content (AvgIpc) is 3.68. The van der Waals surface area contributed by atoms with E-state index in [4.69, 9.17) is 28.3 Å². The highest BCUT2D eigenvalue weighted by molar-refractivity contribution is 7.98. The molecule has 0 bridgehead atoms. The van der Waals surface area contributed by atoms with Crippen molar-refractivity contribution in [3.8, 4) is 0 Å². The van der Waals surface area contributed by atoms with Gasteiger partial charge in [0.15, 0.2) is 27.5 Å². The number of aliphatic hydroxyl groups is 1. The molecule has 0 saturated carbocycles. The largest absolute Gasteiger partial charge is 0.396 e. The van der Waals surface area contributed by atoms with Crippen LogP contribution in [-0.4, -0.2) is 70.4 Å². The van der Waals surface area contributed by atoms with Crippen molar-refractivity contribution in [1.82, 2.24) is 37.8 Å². The number of sulfone groups is 1. The SMILES string of the molecule is C.C.CCCCn1c(=O)c2c(nc(SC)n2Cc2ccc(Cl)cc2)n(C)c1=O.CS(=O)(=O)c1nc2[nH]c(=O)n(CCCO)c(=O)c2n1Cc1ccc(Cl)cc1. The third kappa shape index (κ3) is 9.70. The van der Waals surface area contributed by atoms with Gasteiger partial charge in [-0.05, 0) is 54.5 Å². The second kappa shape index (κ2) is 18.9. The van der Waals surface area contributed by atoms with E-state index in [1.807, 2.05) is 42.0 Å². The van der Waals surface area contributed by atoms with Crippen LogP contribution in [0.5, 0.6) is 0 Å². The second-order valence-corrected chi connectivity index (χ2v) is 15.7. The molecular weight excluding hydrogens is 791 g/mol. The number of aromatic nitrogens is 8. The van der Waals surface area contributed by atoms with Gasteiger partial charge in [-0.2, -0.15) is 4.98 Å². The minimum atomic E-state index is -3.77. The van der Waals surface area contributed by atoms with Crippen LogP contribution in [0.25, 0.3) is 22.3 Å². The van der Waals surface area contributed by atoms with Crippen LogP contribution in [-0.2, 0) is 43.1 Å². The molecule has 4 aromatic heterocycles. The minimum Gasteiger partial charge on any atom is -0.396 e. The van der Waals surface area contributed by atoms with Gasteiger partial charge in [0.2, 0.25) is 15.0 Å². The molecule has 2 aromatic carbocycles. The molecular formula is C36H46Cl2N8O7S2. The number of H-pyrrole nitrogens is 1. The highest BCUT2D eigenvalue weighted by atomic mass is 35.5. The predicted octanol–water partition coefficient (Wildman–Crippen LogP) is 4.77. The summed E-state index contributed by atoms with van der Waals surface area (Å²) >= 11 is 13.3. The van der Waals surface area contributed by atoms with Gasteiger partial charge in [0.05, 0.1) is 13.1 Å². The molecule has 0 radical (unpaired) electrons. The fourth-order valence-electron chi connectivity index (χ4n) is 5.70. The third-order valence-corrected chi connectivity index (χ3v) is 10.5. The number of nitrogens with zero attached hydrogens (tertiary/aromatic N) is 7. The van der Waals surface area contributed by atoms with Crippen LogP contribution in [0.4, 0.5) is 0 Å². The number of hydrogen-bond donors (Lipinski definition) is 2. The number of halogens is 2. The Morgan fingerprint density at radius 3 is 1.82 bits per heavy atom. The Morgan fingerprint density at radius 2 is 1.31 bits per heavy atom. The van der Waals surface area contributed by atoms with E-state index in [2.05, 4.69) is 15.0 Å². The first-order valence-corrected chi connectivity index (χ1v) is 20.3. The molecule has 0 saturated heterocycles. The van der Waals surface area contributed by atoms with E-state index in [9.17, 15) is 27.6 Å². The number of aryl methyl sites for hydroxylation is 1. The lowest BCUT2D eigenvalue weighted by atomic mass is 10.2. The summed E-state index contributed by atoms with van der Waals surface area (Å²) in [6, 6.07) is 14.2. The van der Waals surface area contributed by atoms with Gasteiger partial charge in [0.25, 0.3) is 11.1 Å². The molecule has 0 spiro atoms. The maximum atomic E-state index is 13.1. The summed E-state index contributed by atoms with van der Waals surface area (Å²) in [6.07, 6.45) is 4.79. The average molecular weight is 838 g/mol. The Labute approximate surface area is 332 Å². The normalized spacial score (nSPS) is 11.3. The van der Waals surface area contributed by atoms with Crippen molar-refractivity contribution in [2.24, 2.45) is 7.05 Å². The molecule has 19 heteroatoms. The van der Waals surface area contributed by atoms with Gasteiger partial charge < -0.3 is 14.2 Å². The van der Waals surface area contributed by atoms with Crippen LogP contribution in [0.3, 0.4) is 0 Å². The van der Waals surface area contributed by atoms with E-state index >= 15 is 0 Å². The van der Waals surface area contributed by atoms with E-state index in [0.29, 0.717) is 45.0 Å². The van der Waals surface area contributed by atoms with E-state index in [1.165, 1.54) is 25.5 Å². The van der Waals surface area contributed by atoms with Crippen LogP contribution in [0.15, 0.2) is 78.0 Å². The summed E-state index contributed by atoms with van der Waals surface area (Å²) in [5.41, 5.74) is 0.498. The van der Waals surface area contributed by atoms with Crippen molar-refractivity contribution >= 4 is 67.1 Å². The molecule has 0 unspecified atom stereocenters. The van der Waals surface area contributed by atoms with Crippen molar-refractivity contribution in [3.05, 3.63) is 111 Å². The van der Waals surface area contributed by atoms with Crippen LogP contribution in [0, 0.1) is 0 Å². The first kappa shape index (κ1) is 45.0. The number of thioether (sulfide) groups is 1. The van der Waals surface area contributed by atoms with Gasteiger partial charge in [-0.25, -0.2) is 23.0 Å². The number of benzene rings is 2. The van der Waals surface area contributed by atoms with Gasteiger partial charge in [0, 0.05) is 43.0 Å². The lowest BCUT2D eigenvalue weighted by Crippen LogP contribution is -2.39. The third-order valence-electron chi connectivity index (χ3n) is 8.35. The fraction of sp³-hybridized carbons (Fsp3) is 0.389. The zero-order valence-corrected chi connectivity index (χ0v) is 32.5. The molecule has 6 rings (SSSR count). The molecule has 298 valence electrons. The summed E-state index contributed by atoms with van der Waals surface area (Å²) in [7, 11) is -2.10. The lowest BCUT2D eigenvalue weighted by molar-refractivity contribution is 0.278. The zero-order chi connectivity index (χ0) is 38.6. The van der Waals surface area contributed by atoms with Gasteiger partial charge in [-0.1, -0.05) is 87.4 Å². The van der Waals surface area contributed by atoms with Crippen molar-refractivity contribution in [2.45, 2.75) is 77.5 Å². The van der Waals surface area contributed by atoms with Crippen molar-refractivity contribution in [2.75, 3.05) is 19.1 Å².